The Morgan fingerprint density at radius 1 is 0.842 bits per heavy atom. The van der Waals surface area contributed by atoms with Crippen molar-refractivity contribution in [3.63, 3.8) is 0 Å². The molecule has 0 aromatic rings. The van der Waals surface area contributed by atoms with Crippen LogP contribution >= 0.6 is 0 Å². The highest BCUT2D eigenvalue weighted by Crippen LogP contribution is 2.19. The average Bonchev–Trinajstić information content (AvgIpc) is 2.44. The maximum absolute atomic E-state index is 5.98. The van der Waals surface area contributed by atoms with Crippen molar-refractivity contribution in [2.75, 3.05) is 26.4 Å². The van der Waals surface area contributed by atoms with Crippen LogP contribution < -0.4 is 0 Å². The fourth-order valence-corrected chi connectivity index (χ4v) is 4.38. The summed E-state index contributed by atoms with van der Waals surface area (Å²) in [5.41, 5.74) is 0. The second-order valence-corrected chi connectivity index (χ2v) is 7.10. The first-order chi connectivity index (χ1) is 9.24. The molecule has 0 bridgehead atoms. The molecule has 0 spiro atoms. The van der Waals surface area contributed by atoms with Crippen molar-refractivity contribution in [1.82, 2.24) is 0 Å². The zero-order chi connectivity index (χ0) is 14.4. The van der Waals surface area contributed by atoms with Gasteiger partial charge in [-0.05, 0) is 25.7 Å². The van der Waals surface area contributed by atoms with Crippen LogP contribution in [-0.2, 0) is 18.0 Å². The average molecular weight is 290 g/mol. The third-order valence-electron chi connectivity index (χ3n) is 2.44. The third kappa shape index (κ3) is 9.21. The van der Waals surface area contributed by atoms with E-state index in [4.69, 9.17) is 18.0 Å². The SMILES string of the molecule is C=COCCC[Si](OCCC)(OCCC)OCCC. The minimum atomic E-state index is -2.52. The zero-order valence-corrected chi connectivity index (χ0v) is 13.8. The highest BCUT2D eigenvalue weighted by molar-refractivity contribution is 6.60. The Balaban J connectivity index is 4.42. The maximum Gasteiger partial charge on any atom is 0.501 e. The van der Waals surface area contributed by atoms with Crippen LogP contribution in [0.4, 0.5) is 0 Å². The fourth-order valence-electron chi connectivity index (χ4n) is 1.57. The fraction of sp³-hybridized carbons (Fsp3) is 0.857. The first kappa shape index (κ1) is 18.6. The van der Waals surface area contributed by atoms with Gasteiger partial charge in [0.2, 0.25) is 0 Å². The van der Waals surface area contributed by atoms with Crippen molar-refractivity contribution < 1.29 is 18.0 Å². The normalized spacial score (nSPS) is 11.5. The molecule has 0 atom stereocenters. The van der Waals surface area contributed by atoms with Gasteiger partial charge in [-0.2, -0.15) is 0 Å². The standard InChI is InChI=1S/C14H30O4Si/c1-5-10-16-19(17-11-6-2,18-12-7-3)14-9-13-15-8-4/h8H,4-7,9-14H2,1-3H3. The molecule has 4 nitrogen and oxygen atoms in total. The summed E-state index contributed by atoms with van der Waals surface area (Å²) in [7, 11) is -2.52. The molecule has 0 radical (unpaired) electrons. The van der Waals surface area contributed by atoms with Gasteiger partial charge in [0.25, 0.3) is 0 Å². The van der Waals surface area contributed by atoms with E-state index < -0.39 is 8.80 Å². The summed E-state index contributed by atoms with van der Waals surface area (Å²) in [6.07, 6.45) is 5.26. The smallest absolute Gasteiger partial charge is 0.501 e. The molecule has 5 heteroatoms. The molecule has 0 aromatic heterocycles. The van der Waals surface area contributed by atoms with E-state index in [1.807, 2.05) is 0 Å². The maximum atomic E-state index is 5.98. The largest absolute Gasteiger partial charge is 0.502 e. The highest BCUT2D eigenvalue weighted by atomic mass is 28.4. The Morgan fingerprint density at radius 2 is 1.32 bits per heavy atom. The number of hydrogen-bond acceptors (Lipinski definition) is 4. The first-order valence-corrected chi connectivity index (χ1v) is 9.32. The summed E-state index contributed by atoms with van der Waals surface area (Å²) in [6, 6.07) is 0.806. The predicted molar refractivity (Wildman–Crippen MR) is 80.1 cm³/mol. The minimum Gasteiger partial charge on any atom is -0.502 e. The monoisotopic (exact) mass is 290 g/mol. The van der Waals surface area contributed by atoms with E-state index in [1.165, 1.54) is 6.26 Å². The third-order valence-corrected chi connectivity index (χ3v) is 5.34. The molecule has 0 heterocycles. The highest BCUT2D eigenvalue weighted by Gasteiger charge is 2.40. The molecule has 0 rings (SSSR count). The molecule has 0 saturated heterocycles. The van der Waals surface area contributed by atoms with E-state index in [9.17, 15) is 0 Å². The molecule has 19 heavy (non-hydrogen) atoms. The van der Waals surface area contributed by atoms with Gasteiger partial charge in [0.15, 0.2) is 0 Å². The summed E-state index contributed by atoms with van der Waals surface area (Å²) in [4.78, 5) is 0. The predicted octanol–water partition coefficient (Wildman–Crippen LogP) is 3.76. The number of ether oxygens (including phenoxy) is 1. The molecule has 0 N–H and O–H groups in total. The molecular formula is C14H30O4Si. The lowest BCUT2D eigenvalue weighted by atomic mass is 10.5. The summed E-state index contributed by atoms with van der Waals surface area (Å²) in [5.74, 6) is 0. The number of rotatable bonds is 14. The van der Waals surface area contributed by atoms with Crippen molar-refractivity contribution in [3.8, 4) is 0 Å². The molecule has 0 aliphatic heterocycles. The lowest BCUT2D eigenvalue weighted by molar-refractivity contribution is 0.0572. The van der Waals surface area contributed by atoms with Gasteiger partial charge in [0, 0.05) is 25.9 Å². The molecule has 0 aliphatic rings. The second kappa shape index (κ2) is 12.7. The Kier molecular flexibility index (Phi) is 12.4. The van der Waals surface area contributed by atoms with Crippen LogP contribution in [0.5, 0.6) is 0 Å². The first-order valence-electron chi connectivity index (χ1n) is 7.39. The summed E-state index contributed by atoms with van der Waals surface area (Å²) < 4.78 is 23.1. The Bertz CT molecular complexity index is 190. The Labute approximate surface area is 119 Å². The molecular weight excluding hydrogens is 260 g/mol. The molecule has 0 aliphatic carbocycles. The topological polar surface area (TPSA) is 36.9 Å². The van der Waals surface area contributed by atoms with Crippen LogP contribution in [0.15, 0.2) is 12.8 Å². The van der Waals surface area contributed by atoms with E-state index in [-0.39, 0.29) is 0 Å². The van der Waals surface area contributed by atoms with Gasteiger partial charge in [-0.15, -0.1) is 0 Å². The summed E-state index contributed by atoms with van der Waals surface area (Å²) in [5, 5.41) is 0. The van der Waals surface area contributed by atoms with E-state index in [0.29, 0.717) is 26.4 Å². The number of hydrogen-bond donors (Lipinski definition) is 0. The molecule has 0 aromatic carbocycles. The van der Waals surface area contributed by atoms with E-state index in [2.05, 4.69) is 27.4 Å². The molecule has 0 saturated carbocycles. The summed E-state index contributed by atoms with van der Waals surface area (Å²) >= 11 is 0. The second-order valence-electron chi connectivity index (χ2n) is 4.37. The van der Waals surface area contributed by atoms with Crippen molar-refractivity contribution >= 4 is 8.80 Å². The van der Waals surface area contributed by atoms with Gasteiger partial charge in [-0.25, -0.2) is 0 Å². The van der Waals surface area contributed by atoms with Crippen molar-refractivity contribution in [2.45, 2.75) is 52.5 Å². The van der Waals surface area contributed by atoms with Gasteiger partial charge >= 0.3 is 8.80 Å². The zero-order valence-electron chi connectivity index (χ0n) is 12.8. The van der Waals surface area contributed by atoms with Gasteiger partial charge in [-0.1, -0.05) is 27.4 Å². The van der Waals surface area contributed by atoms with Gasteiger partial charge < -0.3 is 18.0 Å². The lowest BCUT2D eigenvalue weighted by Gasteiger charge is -2.29. The van der Waals surface area contributed by atoms with E-state index in [1.54, 1.807) is 0 Å². The van der Waals surface area contributed by atoms with Crippen LogP contribution in [0.3, 0.4) is 0 Å². The van der Waals surface area contributed by atoms with Crippen molar-refractivity contribution in [1.29, 1.82) is 0 Å². The lowest BCUT2D eigenvalue weighted by Crippen LogP contribution is -2.46. The molecule has 0 unspecified atom stereocenters. The van der Waals surface area contributed by atoms with Crippen LogP contribution in [-0.4, -0.2) is 35.2 Å². The van der Waals surface area contributed by atoms with Crippen LogP contribution in [0.25, 0.3) is 0 Å². The Hall–Kier alpha value is -0.363. The van der Waals surface area contributed by atoms with E-state index in [0.717, 1.165) is 31.7 Å². The molecule has 0 fully saturated rings. The summed E-state index contributed by atoms with van der Waals surface area (Å²) in [6.45, 7) is 12.6. The molecule has 0 amide bonds. The van der Waals surface area contributed by atoms with Crippen LogP contribution in [0.1, 0.15) is 46.5 Å². The minimum absolute atomic E-state index is 0.638. The van der Waals surface area contributed by atoms with Crippen LogP contribution in [0.2, 0.25) is 6.04 Å². The Morgan fingerprint density at radius 3 is 1.68 bits per heavy atom. The van der Waals surface area contributed by atoms with Gasteiger partial charge in [0.05, 0.1) is 12.9 Å². The van der Waals surface area contributed by atoms with Crippen molar-refractivity contribution in [3.05, 3.63) is 12.8 Å². The van der Waals surface area contributed by atoms with Crippen molar-refractivity contribution in [2.24, 2.45) is 0 Å². The van der Waals surface area contributed by atoms with E-state index >= 15 is 0 Å². The van der Waals surface area contributed by atoms with Gasteiger partial charge in [-0.3, -0.25) is 0 Å². The molecule has 114 valence electrons. The quantitative estimate of drug-likeness (QED) is 0.277. The van der Waals surface area contributed by atoms with Crippen LogP contribution in [0, 0.1) is 0 Å². The van der Waals surface area contributed by atoms with Gasteiger partial charge in [0.1, 0.15) is 0 Å².